The van der Waals surface area contributed by atoms with Crippen molar-refractivity contribution in [1.82, 2.24) is 4.90 Å². The maximum Gasteiger partial charge on any atom is 0.341 e. The highest BCUT2D eigenvalue weighted by Gasteiger charge is 2.27. The van der Waals surface area contributed by atoms with E-state index >= 15 is 0 Å². The van der Waals surface area contributed by atoms with Gasteiger partial charge in [0.25, 0.3) is 5.91 Å². The van der Waals surface area contributed by atoms with Gasteiger partial charge in [0.05, 0.1) is 17.6 Å². The van der Waals surface area contributed by atoms with Gasteiger partial charge in [-0.15, -0.1) is 11.3 Å². The third-order valence-electron chi connectivity index (χ3n) is 3.15. The number of carbonyl (C=O) groups excluding carboxylic acids is 2. The molecule has 2 N–H and O–H groups in total. The molecule has 98 valence electrons. The van der Waals surface area contributed by atoms with Gasteiger partial charge in [-0.2, -0.15) is 0 Å². The first kappa shape index (κ1) is 12.9. The second-order valence-electron chi connectivity index (χ2n) is 4.29. The summed E-state index contributed by atoms with van der Waals surface area (Å²) in [7, 11) is 1.31. The summed E-state index contributed by atoms with van der Waals surface area (Å²) in [5.41, 5.74) is 6.75. The lowest BCUT2D eigenvalue weighted by Gasteiger charge is -2.14. The summed E-state index contributed by atoms with van der Waals surface area (Å²) >= 11 is 1.17. The predicted molar refractivity (Wildman–Crippen MR) is 69.9 cm³/mol. The van der Waals surface area contributed by atoms with E-state index in [0.29, 0.717) is 21.0 Å². The van der Waals surface area contributed by atoms with Crippen molar-refractivity contribution >= 4 is 28.2 Å². The summed E-state index contributed by atoms with van der Waals surface area (Å²) in [6.07, 6.45) is 2.07. The minimum absolute atomic E-state index is 0.0307. The fourth-order valence-electron chi connectivity index (χ4n) is 2.16. The van der Waals surface area contributed by atoms with Crippen LogP contribution in [0, 0.1) is 6.92 Å². The average Bonchev–Trinajstić information content (AvgIpc) is 2.96. The van der Waals surface area contributed by atoms with Crippen molar-refractivity contribution in [3.8, 4) is 0 Å². The van der Waals surface area contributed by atoms with Crippen LogP contribution in [0.4, 0.5) is 5.00 Å². The van der Waals surface area contributed by atoms with E-state index in [-0.39, 0.29) is 5.91 Å². The number of carbonyl (C=O) groups is 2. The second kappa shape index (κ2) is 4.97. The molecule has 0 saturated carbocycles. The number of anilines is 1. The summed E-state index contributed by atoms with van der Waals surface area (Å²) < 4.78 is 4.68. The quantitative estimate of drug-likeness (QED) is 0.828. The van der Waals surface area contributed by atoms with Gasteiger partial charge < -0.3 is 15.4 Å². The highest BCUT2D eigenvalue weighted by Crippen LogP contribution is 2.32. The Morgan fingerprint density at radius 3 is 2.50 bits per heavy atom. The molecule has 0 atom stereocenters. The molecule has 1 saturated heterocycles. The van der Waals surface area contributed by atoms with Gasteiger partial charge in [0.1, 0.15) is 5.00 Å². The molecule has 0 unspecified atom stereocenters. The van der Waals surface area contributed by atoms with E-state index in [0.717, 1.165) is 25.9 Å². The van der Waals surface area contributed by atoms with E-state index < -0.39 is 5.97 Å². The normalized spacial score (nSPS) is 14.9. The van der Waals surface area contributed by atoms with E-state index in [4.69, 9.17) is 5.73 Å². The smallest absolute Gasteiger partial charge is 0.341 e. The van der Waals surface area contributed by atoms with Crippen molar-refractivity contribution < 1.29 is 14.3 Å². The topological polar surface area (TPSA) is 72.6 Å². The first-order valence-electron chi connectivity index (χ1n) is 5.82. The van der Waals surface area contributed by atoms with Crippen LogP contribution in [-0.2, 0) is 4.74 Å². The minimum Gasteiger partial charge on any atom is -0.465 e. The number of nitrogen functional groups attached to an aromatic ring is 1. The summed E-state index contributed by atoms with van der Waals surface area (Å²) in [6, 6.07) is 0. The Labute approximate surface area is 110 Å². The standard InChI is InChI=1S/C12H16N2O3S/c1-7-8(12(16)17-2)10(13)18-9(7)11(15)14-5-3-4-6-14/h3-6,13H2,1-2H3. The molecule has 2 heterocycles. The van der Waals surface area contributed by atoms with E-state index in [1.54, 1.807) is 11.8 Å². The third-order valence-corrected chi connectivity index (χ3v) is 4.26. The summed E-state index contributed by atoms with van der Waals surface area (Å²) in [6.45, 7) is 3.30. The highest BCUT2D eigenvalue weighted by molar-refractivity contribution is 7.18. The number of nitrogens with zero attached hydrogens (tertiary/aromatic N) is 1. The molecule has 1 aromatic heterocycles. The number of hydrogen-bond donors (Lipinski definition) is 1. The Morgan fingerprint density at radius 1 is 1.33 bits per heavy atom. The number of rotatable bonds is 2. The fraction of sp³-hybridized carbons (Fsp3) is 0.500. The van der Waals surface area contributed by atoms with E-state index in [1.165, 1.54) is 18.4 Å². The number of methoxy groups -OCH3 is 1. The summed E-state index contributed by atoms with van der Waals surface area (Å²) in [5, 5.41) is 0.349. The van der Waals surface area contributed by atoms with Crippen molar-refractivity contribution in [1.29, 1.82) is 0 Å². The second-order valence-corrected chi connectivity index (χ2v) is 5.34. The molecule has 0 bridgehead atoms. The van der Waals surface area contributed by atoms with Gasteiger partial charge in [0.2, 0.25) is 0 Å². The van der Waals surface area contributed by atoms with Crippen LogP contribution in [0.15, 0.2) is 0 Å². The monoisotopic (exact) mass is 268 g/mol. The Kier molecular flexibility index (Phi) is 3.56. The molecular weight excluding hydrogens is 252 g/mol. The SMILES string of the molecule is COC(=O)c1c(N)sc(C(=O)N2CCCC2)c1C. The summed E-state index contributed by atoms with van der Waals surface area (Å²) in [4.78, 5) is 26.2. The molecule has 1 aliphatic heterocycles. The first-order chi connectivity index (χ1) is 8.56. The number of ether oxygens (including phenoxy) is 1. The molecule has 0 radical (unpaired) electrons. The van der Waals surface area contributed by atoms with Crippen LogP contribution in [0.5, 0.6) is 0 Å². The zero-order valence-corrected chi connectivity index (χ0v) is 11.3. The first-order valence-corrected chi connectivity index (χ1v) is 6.64. The highest BCUT2D eigenvalue weighted by atomic mass is 32.1. The lowest BCUT2D eigenvalue weighted by atomic mass is 10.1. The van der Waals surface area contributed by atoms with Gasteiger partial charge in [-0.3, -0.25) is 4.79 Å². The number of likely N-dealkylation sites (tertiary alicyclic amines) is 1. The average molecular weight is 268 g/mol. The zero-order chi connectivity index (χ0) is 13.3. The van der Waals surface area contributed by atoms with Crippen LogP contribution in [0.1, 0.15) is 38.4 Å². The number of nitrogens with two attached hydrogens (primary N) is 1. The molecule has 1 aliphatic rings. The molecule has 2 rings (SSSR count). The van der Waals surface area contributed by atoms with Gasteiger partial charge in [-0.05, 0) is 25.3 Å². The van der Waals surface area contributed by atoms with Crippen molar-refractivity contribution in [2.45, 2.75) is 19.8 Å². The van der Waals surface area contributed by atoms with Crippen molar-refractivity contribution in [2.75, 3.05) is 25.9 Å². The molecular formula is C12H16N2O3S. The van der Waals surface area contributed by atoms with Gasteiger partial charge in [-0.25, -0.2) is 4.79 Å². The van der Waals surface area contributed by atoms with E-state index in [1.807, 2.05) is 0 Å². The Bertz CT molecular complexity index is 490. The third kappa shape index (κ3) is 2.08. The maximum absolute atomic E-state index is 12.3. The number of hydrogen-bond acceptors (Lipinski definition) is 5. The van der Waals surface area contributed by atoms with Crippen LogP contribution in [0.25, 0.3) is 0 Å². The van der Waals surface area contributed by atoms with E-state index in [2.05, 4.69) is 4.74 Å². The van der Waals surface area contributed by atoms with Crippen LogP contribution in [0.2, 0.25) is 0 Å². The summed E-state index contributed by atoms with van der Waals surface area (Å²) in [5.74, 6) is -0.515. The van der Waals surface area contributed by atoms with Gasteiger partial charge in [0.15, 0.2) is 0 Å². The molecule has 1 aromatic rings. The van der Waals surface area contributed by atoms with Gasteiger partial charge in [-0.1, -0.05) is 0 Å². The van der Waals surface area contributed by atoms with Crippen molar-refractivity contribution in [3.05, 3.63) is 16.0 Å². The Morgan fingerprint density at radius 2 is 1.94 bits per heavy atom. The maximum atomic E-state index is 12.3. The molecule has 1 fully saturated rings. The number of amides is 1. The van der Waals surface area contributed by atoms with Crippen LogP contribution in [0.3, 0.4) is 0 Å². The van der Waals surface area contributed by atoms with Crippen LogP contribution >= 0.6 is 11.3 Å². The molecule has 18 heavy (non-hydrogen) atoms. The fourth-order valence-corrected chi connectivity index (χ4v) is 3.19. The van der Waals surface area contributed by atoms with Crippen LogP contribution in [-0.4, -0.2) is 37.0 Å². The molecule has 1 amide bonds. The number of thiophene rings is 1. The molecule has 0 aliphatic carbocycles. The van der Waals surface area contributed by atoms with Crippen LogP contribution < -0.4 is 5.73 Å². The molecule has 5 nitrogen and oxygen atoms in total. The Hall–Kier alpha value is -1.56. The predicted octanol–water partition coefficient (Wildman–Crippen LogP) is 1.66. The largest absolute Gasteiger partial charge is 0.465 e. The van der Waals surface area contributed by atoms with Gasteiger partial charge >= 0.3 is 5.97 Å². The molecule has 0 aromatic carbocycles. The lowest BCUT2D eigenvalue weighted by molar-refractivity contribution is 0.0601. The van der Waals surface area contributed by atoms with Crippen molar-refractivity contribution in [2.24, 2.45) is 0 Å². The number of esters is 1. The molecule has 0 spiro atoms. The molecule has 6 heteroatoms. The minimum atomic E-state index is -0.485. The van der Waals surface area contributed by atoms with E-state index in [9.17, 15) is 9.59 Å². The lowest BCUT2D eigenvalue weighted by Crippen LogP contribution is -2.27. The zero-order valence-electron chi connectivity index (χ0n) is 10.5. The van der Waals surface area contributed by atoms with Gasteiger partial charge in [0, 0.05) is 13.1 Å². The Balaban J connectivity index is 2.34. The van der Waals surface area contributed by atoms with Crippen molar-refractivity contribution in [3.63, 3.8) is 0 Å².